The van der Waals surface area contributed by atoms with Gasteiger partial charge < -0.3 is 20.1 Å². The number of aliphatic imine (C=N–C) groups is 1. The Kier molecular flexibility index (Phi) is 9.74. The van der Waals surface area contributed by atoms with Gasteiger partial charge in [-0.1, -0.05) is 13.8 Å². The zero-order valence-electron chi connectivity index (χ0n) is 13.4. The highest BCUT2D eigenvalue weighted by Gasteiger charge is 2.32. The first-order valence-corrected chi connectivity index (χ1v) is 7.13. The van der Waals surface area contributed by atoms with Crippen LogP contribution in [0.3, 0.4) is 0 Å². The molecule has 1 rings (SSSR count). The Morgan fingerprint density at radius 2 is 1.90 bits per heavy atom. The molecule has 0 spiro atoms. The van der Waals surface area contributed by atoms with Crippen LogP contribution in [0.15, 0.2) is 4.99 Å². The van der Waals surface area contributed by atoms with Gasteiger partial charge in [-0.05, 0) is 12.8 Å². The van der Waals surface area contributed by atoms with Gasteiger partial charge in [0.15, 0.2) is 5.96 Å². The van der Waals surface area contributed by atoms with Crippen LogP contribution >= 0.6 is 24.0 Å². The van der Waals surface area contributed by atoms with Gasteiger partial charge in [-0.2, -0.15) is 0 Å². The van der Waals surface area contributed by atoms with Crippen molar-refractivity contribution < 1.29 is 9.47 Å². The van der Waals surface area contributed by atoms with Crippen LogP contribution in [-0.4, -0.2) is 51.5 Å². The second-order valence-corrected chi connectivity index (χ2v) is 5.60. The minimum absolute atomic E-state index is 0. The molecule has 6 heteroatoms. The Hall–Kier alpha value is -0.0800. The van der Waals surface area contributed by atoms with Gasteiger partial charge in [-0.15, -0.1) is 24.0 Å². The monoisotopic (exact) mass is 399 g/mol. The van der Waals surface area contributed by atoms with E-state index in [1.165, 1.54) is 0 Å². The molecule has 2 N–H and O–H groups in total. The molecule has 0 aromatic rings. The summed E-state index contributed by atoms with van der Waals surface area (Å²) in [6.07, 6.45) is 1.85. The number of hydrogen-bond acceptors (Lipinski definition) is 3. The number of nitrogens with zero attached hydrogens (tertiary/aromatic N) is 1. The molecule has 1 atom stereocenters. The van der Waals surface area contributed by atoms with Crippen molar-refractivity contribution in [2.45, 2.75) is 45.3 Å². The van der Waals surface area contributed by atoms with Gasteiger partial charge in [0.1, 0.15) is 0 Å². The largest absolute Gasteiger partial charge is 0.381 e. The molecule has 0 aromatic carbocycles. The molecule has 1 unspecified atom stereocenters. The summed E-state index contributed by atoms with van der Waals surface area (Å²) in [5, 5.41) is 6.77. The Morgan fingerprint density at radius 1 is 1.30 bits per heavy atom. The lowest BCUT2D eigenvalue weighted by Gasteiger charge is -2.36. The zero-order valence-corrected chi connectivity index (χ0v) is 15.7. The molecule has 0 aliphatic carbocycles. The minimum atomic E-state index is -0.128. The smallest absolute Gasteiger partial charge is 0.191 e. The summed E-state index contributed by atoms with van der Waals surface area (Å²) in [5.41, 5.74) is -0.128. The number of hydrogen-bond donors (Lipinski definition) is 2. The average molecular weight is 399 g/mol. The fraction of sp³-hybridized carbons (Fsp3) is 0.929. The van der Waals surface area contributed by atoms with E-state index in [0.717, 1.165) is 38.6 Å². The third kappa shape index (κ3) is 6.13. The lowest BCUT2D eigenvalue weighted by Crippen LogP contribution is -2.52. The predicted octanol–water partition coefficient (Wildman–Crippen LogP) is 2.01. The third-order valence-corrected chi connectivity index (χ3v) is 4.00. The molecule has 1 fully saturated rings. The molecular formula is C14H30IN3O2. The highest BCUT2D eigenvalue weighted by atomic mass is 127. The maximum Gasteiger partial charge on any atom is 0.191 e. The van der Waals surface area contributed by atoms with Crippen molar-refractivity contribution in [3.05, 3.63) is 0 Å². The van der Waals surface area contributed by atoms with Crippen LogP contribution in [0.4, 0.5) is 0 Å². The van der Waals surface area contributed by atoms with E-state index in [0.29, 0.717) is 12.0 Å². The Bertz CT molecular complexity index is 292. The third-order valence-electron chi connectivity index (χ3n) is 4.00. The molecule has 120 valence electrons. The predicted molar refractivity (Wildman–Crippen MR) is 94.0 cm³/mol. The molecule has 5 nitrogen and oxygen atoms in total. The number of rotatable bonds is 5. The first-order chi connectivity index (χ1) is 9.03. The van der Waals surface area contributed by atoms with E-state index in [1.54, 1.807) is 14.2 Å². The molecule has 0 amide bonds. The van der Waals surface area contributed by atoms with E-state index >= 15 is 0 Å². The van der Waals surface area contributed by atoms with E-state index in [1.807, 2.05) is 0 Å². The molecule has 1 aliphatic heterocycles. The van der Waals surface area contributed by atoms with Crippen molar-refractivity contribution in [1.82, 2.24) is 10.6 Å². The number of ether oxygens (including phenoxy) is 2. The molecule has 1 heterocycles. The quantitative estimate of drug-likeness (QED) is 0.422. The number of nitrogens with one attached hydrogen (secondary N) is 2. The summed E-state index contributed by atoms with van der Waals surface area (Å²) in [6, 6.07) is 0.388. The normalized spacial score (nSPS) is 20.2. The van der Waals surface area contributed by atoms with Gasteiger partial charge in [-0.3, -0.25) is 4.99 Å². The fourth-order valence-corrected chi connectivity index (χ4v) is 2.02. The van der Waals surface area contributed by atoms with Crippen molar-refractivity contribution in [2.24, 2.45) is 10.9 Å². The van der Waals surface area contributed by atoms with Gasteiger partial charge in [-0.25, -0.2) is 0 Å². The van der Waals surface area contributed by atoms with Crippen molar-refractivity contribution >= 4 is 29.9 Å². The summed E-state index contributed by atoms with van der Waals surface area (Å²) < 4.78 is 11.1. The number of methoxy groups -OCH3 is 1. The fourth-order valence-electron chi connectivity index (χ4n) is 2.02. The van der Waals surface area contributed by atoms with E-state index in [9.17, 15) is 0 Å². The van der Waals surface area contributed by atoms with Crippen LogP contribution in [0.25, 0.3) is 0 Å². The first kappa shape index (κ1) is 19.9. The van der Waals surface area contributed by atoms with Crippen molar-refractivity contribution in [3.63, 3.8) is 0 Å². The highest BCUT2D eigenvalue weighted by molar-refractivity contribution is 14.0. The first-order valence-electron chi connectivity index (χ1n) is 7.13. The molecule has 0 bridgehead atoms. The lowest BCUT2D eigenvalue weighted by atomic mass is 9.94. The molecule has 0 aromatic heterocycles. The highest BCUT2D eigenvalue weighted by Crippen LogP contribution is 2.23. The van der Waals surface area contributed by atoms with Crippen LogP contribution in [0.2, 0.25) is 0 Å². The van der Waals surface area contributed by atoms with Gasteiger partial charge in [0, 0.05) is 52.8 Å². The maximum atomic E-state index is 5.70. The van der Waals surface area contributed by atoms with E-state index in [-0.39, 0.29) is 29.6 Å². The molecular weight excluding hydrogens is 369 g/mol. The lowest BCUT2D eigenvalue weighted by molar-refractivity contribution is -0.0855. The maximum absolute atomic E-state index is 5.70. The SMILES string of the molecule is CN=C(NCC1(OC)CCOCC1)NC(C)C(C)C.I. The zero-order chi connectivity index (χ0) is 14.3. The second kappa shape index (κ2) is 9.78. The van der Waals surface area contributed by atoms with Gasteiger partial charge in [0.05, 0.1) is 5.60 Å². The van der Waals surface area contributed by atoms with E-state index < -0.39 is 0 Å². The van der Waals surface area contributed by atoms with Gasteiger partial charge in [0.25, 0.3) is 0 Å². The van der Waals surface area contributed by atoms with Gasteiger partial charge in [0.2, 0.25) is 0 Å². The second-order valence-electron chi connectivity index (χ2n) is 5.60. The Morgan fingerprint density at radius 3 is 2.35 bits per heavy atom. The van der Waals surface area contributed by atoms with E-state index in [4.69, 9.17) is 9.47 Å². The summed E-state index contributed by atoms with van der Waals surface area (Å²) in [4.78, 5) is 4.27. The summed E-state index contributed by atoms with van der Waals surface area (Å²) in [5.74, 6) is 1.40. The number of halogens is 1. The molecule has 0 saturated carbocycles. The van der Waals surface area contributed by atoms with Crippen LogP contribution in [0, 0.1) is 5.92 Å². The van der Waals surface area contributed by atoms with Crippen molar-refractivity contribution in [1.29, 1.82) is 0 Å². The standard InChI is InChI=1S/C14H29N3O2.HI/c1-11(2)12(3)17-13(15-4)16-10-14(18-5)6-8-19-9-7-14;/h11-12H,6-10H2,1-5H3,(H2,15,16,17);1H. The summed E-state index contributed by atoms with van der Waals surface area (Å²) in [6.45, 7) is 8.85. The Balaban J connectivity index is 0.00000361. The van der Waals surface area contributed by atoms with Crippen molar-refractivity contribution in [2.75, 3.05) is 33.9 Å². The van der Waals surface area contributed by atoms with Crippen molar-refractivity contribution in [3.8, 4) is 0 Å². The van der Waals surface area contributed by atoms with Gasteiger partial charge >= 0.3 is 0 Å². The van der Waals surface area contributed by atoms with Crippen LogP contribution in [0.1, 0.15) is 33.6 Å². The topological polar surface area (TPSA) is 54.9 Å². The molecule has 1 saturated heterocycles. The van der Waals surface area contributed by atoms with E-state index in [2.05, 4.69) is 36.4 Å². The number of guanidine groups is 1. The summed E-state index contributed by atoms with van der Waals surface area (Å²) >= 11 is 0. The average Bonchev–Trinajstić information content (AvgIpc) is 2.44. The molecule has 0 radical (unpaired) electrons. The van der Waals surface area contributed by atoms with Crippen LogP contribution < -0.4 is 10.6 Å². The molecule has 1 aliphatic rings. The summed E-state index contributed by atoms with van der Waals surface area (Å²) in [7, 11) is 3.58. The van der Waals surface area contributed by atoms with Crippen LogP contribution in [-0.2, 0) is 9.47 Å². The molecule has 20 heavy (non-hydrogen) atoms. The van der Waals surface area contributed by atoms with Crippen LogP contribution in [0.5, 0.6) is 0 Å². The Labute approximate surface area is 140 Å². The minimum Gasteiger partial charge on any atom is -0.381 e.